The molecule has 3 aromatic rings. The molecule has 1 aromatic heterocycles. The number of carbonyl (C=O) groups excluding carboxylic acids is 1. The standard InChI is InChI=1S/C28H34N4O2/c1-28(2)19-27(33)30-26-18-23(10-11-24(26)28)34-17-5-12-31-13-15-32(16-14-31)20-22-9-8-21-6-3-4-7-25(21)29-22/h3-4,6-11,18H,5,12-17,19-20H2,1-2H3,(H,30,33). The van der Waals surface area contributed by atoms with Gasteiger partial charge in [0.1, 0.15) is 5.75 Å². The summed E-state index contributed by atoms with van der Waals surface area (Å²) in [5.41, 5.74) is 4.14. The molecular weight excluding hydrogens is 424 g/mol. The van der Waals surface area contributed by atoms with E-state index in [4.69, 9.17) is 9.72 Å². The van der Waals surface area contributed by atoms with Gasteiger partial charge in [-0.15, -0.1) is 0 Å². The average Bonchev–Trinajstić information content (AvgIpc) is 2.82. The molecule has 0 unspecified atom stereocenters. The topological polar surface area (TPSA) is 57.7 Å². The molecule has 0 radical (unpaired) electrons. The molecule has 6 heteroatoms. The van der Waals surface area contributed by atoms with Gasteiger partial charge >= 0.3 is 0 Å². The Morgan fingerprint density at radius 3 is 2.65 bits per heavy atom. The van der Waals surface area contributed by atoms with Crippen molar-refractivity contribution in [1.82, 2.24) is 14.8 Å². The number of ether oxygens (including phenoxy) is 1. The lowest BCUT2D eigenvalue weighted by molar-refractivity contribution is -0.117. The largest absolute Gasteiger partial charge is 0.493 e. The van der Waals surface area contributed by atoms with Gasteiger partial charge in [0.2, 0.25) is 5.91 Å². The van der Waals surface area contributed by atoms with Crippen LogP contribution >= 0.6 is 0 Å². The molecule has 6 nitrogen and oxygen atoms in total. The third-order valence-corrected chi connectivity index (χ3v) is 6.99. The van der Waals surface area contributed by atoms with E-state index in [1.165, 1.54) is 10.9 Å². The summed E-state index contributed by atoms with van der Waals surface area (Å²) >= 11 is 0. The number of para-hydroxylation sites is 1. The molecule has 1 fully saturated rings. The van der Waals surface area contributed by atoms with Crippen LogP contribution in [0.3, 0.4) is 0 Å². The zero-order chi connectivity index (χ0) is 23.5. The van der Waals surface area contributed by atoms with Crippen molar-refractivity contribution in [3.8, 4) is 5.75 Å². The lowest BCUT2D eigenvalue weighted by Gasteiger charge is -2.34. The summed E-state index contributed by atoms with van der Waals surface area (Å²) in [6.45, 7) is 11.1. The van der Waals surface area contributed by atoms with E-state index in [1.54, 1.807) is 0 Å². The van der Waals surface area contributed by atoms with Crippen LogP contribution in [0.2, 0.25) is 0 Å². The SMILES string of the molecule is CC1(C)CC(=O)Nc2cc(OCCCN3CCN(Cc4ccc5ccccc5n4)CC3)ccc21. The molecule has 2 aliphatic heterocycles. The molecule has 34 heavy (non-hydrogen) atoms. The monoisotopic (exact) mass is 458 g/mol. The first kappa shape index (κ1) is 22.8. The van der Waals surface area contributed by atoms with Crippen LogP contribution in [0.15, 0.2) is 54.6 Å². The molecule has 1 saturated heterocycles. The van der Waals surface area contributed by atoms with Crippen LogP contribution in [0, 0.1) is 0 Å². The summed E-state index contributed by atoms with van der Waals surface area (Å²) in [5.74, 6) is 0.898. The minimum absolute atomic E-state index is 0.0742. The number of hydrogen-bond donors (Lipinski definition) is 1. The highest BCUT2D eigenvalue weighted by Gasteiger charge is 2.31. The third kappa shape index (κ3) is 5.24. The molecule has 0 bridgehead atoms. The second-order valence-electron chi connectivity index (χ2n) is 10.1. The Balaban J connectivity index is 1.05. The average molecular weight is 459 g/mol. The quantitative estimate of drug-likeness (QED) is 0.531. The minimum atomic E-state index is -0.136. The number of carbonyl (C=O) groups is 1. The van der Waals surface area contributed by atoms with Gasteiger partial charge in [0.25, 0.3) is 0 Å². The maximum atomic E-state index is 12.0. The van der Waals surface area contributed by atoms with Crippen LogP contribution in [0.1, 0.15) is 37.9 Å². The van der Waals surface area contributed by atoms with E-state index in [1.807, 2.05) is 18.2 Å². The third-order valence-electron chi connectivity index (χ3n) is 6.99. The lowest BCUT2D eigenvalue weighted by Crippen LogP contribution is -2.46. The van der Waals surface area contributed by atoms with Crippen LogP contribution in [0.5, 0.6) is 5.75 Å². The van der Waals surface area contributed by atoms with Crippen molar-refractivity contribution in [3.05, 3.63) is 65.9 Å². The maximum absolute atomic E-state index is 12.0. The fraction of sp³-hybridized carbons (Fsp3) is 0.429. The Bertz CT molecular complexity index is 1170. The van der Waals surface area contributed by atoms with Gasteiger partial charge in [0.05, 0.1) is 17.8 Å². The van der Waals surface area contributed by atoms with Crippen LogP contribution < -0.4 is 10.1 Å². The molecule has 178 valence electrons. The predicted octanol–water partition coefficient (Wildman–Crippen LogP) is 4.44. The van der Waals surface area contributed by atoms with Crippen LogP contribution in [-0.2, 0) is 16.8 Å². The molecule has 0 spiro atoms. The molecule has 5 rings (SSSR count). The Morgan fingerprint density at radius 2 is 1.79 bits per heavy atom. The molecule has 2 aromatic carbocycles. The summed E-state index contributed by atoms with van der Waals surface area (Å²) in [5, 5.41) is 4.19. The number of nitrogens with zero attached hydrogens (tertiary/aromatic N) is 3. The molecule has 1 N–H and O–H groups in total. The molecule has 1 amide bonds. The summed E-state index contributed by atoms with van der Waals surface area (Å²) in [6.07, 6.45) is 1.51. The van der Waals surface area contributed by atoms with E-state index in [0.717, 1.165) is 68.3 Å². The predicted molar refractivity (Wildman–Crippen MR) is 136 cm³/mol. The van der Waals surface area contributed by atoms with E-state index in [9.17, 15) is 4.79 Å². The van der Waals surface area contributed by atoms with Crippen LogP contribution in [0.4, 0.5) is 5.69 Å². The van der Waals surface area contributed by atoms with Gasteiger partial charge in [-0.3, -0.25) is 14.7 Å². The van der Waals surface area contributed by atoms with E-state index in [-0.39, 0.29) is 11.3 Å². The van der Waals surface area contributed by atoms with Gasteiger partial charge in [-0.1, -0.05) is 44.2 Å². The summed E-state index contributed by atoms with van der Waals surface area (Å²) in [4.78, 5) is 21.8. The van der Waals surface area contributed by atoms with E-state index in [2.05, 4.69) is 65.4 Å². The highest BCUT2D eigenvalue weighted by Crippen LogP contribution is 2.38. The number of anilines is 1. The first-order chi connectivity index (χ1) is 16.5. The van der Waals surface area contributed by atoms with Crippen LogP contribution in [-0.4, -0.2) is 60.0 Å². The normalized spacial score (nSPS) is 18.5. The fourth-order valence-corrected chi connectivity index (χ4v) is 5.07. The number of hydrogen-bond acceptors (Lipinski definition) is 5. The molecular formula is C28H34N4O2. The molecule has 0 saturated carbocycles. The van der Waals surface area contributed by atoms with Gasteiger partial charge in [-0.2, -0.15) is 0 Å². The van der Waals surface area contributed by atoms with Gasteiger partial charge in [-0.05, 0) is 30.2 Å². The number of benzene rings is 2. The van der Waals surface area contributed by atoms with Crippen molar-refractivity contribution in [2.45, 2.75) is 38.6 Å². The van der Waals surface area contributed by atoms with Crippen molar-refractivity contribution < 1.29 is 9.53 Å². The zero-order valence-electron chi connectivity index (χ0n) is 20.2. The first-order valence-electron chi connectivity index (χ1n) is 12.3. The second-order valence-corrected chi connectivity index (χ2v) is 10.1. The number of nitrogens with one attached hydrogen (secondary N) is 1. The smallest absolute Gasteiger partial charge is 0.225 e. The van der Waals surface area contributed by atoms with Gasteiger partial charge < -0.3 is 15.0 Å². The molecule has 0 atom stereocenters. The van der Waals surface area contributed by atoms with Gasteiger partial charge in [0, 0.05) is 68.2 Å². The number of amides is 1. The van der Waals surface area contributed by atoms with Crippen LogP contribution in [0.25, 0.3) is 10.9 Å². The van der Waals surface area contributed by atoms with Crippen molar-refractivity contribution in [1.29, 1.82) is 0 Å². The summed E-state index contributed by atoms with van der Waals surface area (Å²) in [7, 11) is 0. The number of aromatic nitrogens is 1. The number of piperazine rings is 1. The van der Waals surface area contributed by atoms with E-state index < -0.39 is 0 Å². The number of pyridine rings is 1. The number of rotatable bonds is 7. The van der Waals surface area contributed by atoms with Crippen molar-refractivity contribution in [2.75, 3.05) is 44.6 Å². The van der Waals surface area contributed by atoms with Gasteiger partial charge in [0.15, 0.2) is 0 Å². The first-order valence-corrected chi connectivity index (χ1v) is 12.3. The van der Waals surface area contributed by atoms with Gasteiger partial charge in [-0.25, -0.2) is 0 Å². The summed E-state index contributed by atoms with van der Waals surface area (Å²) < 4.78 is 6.01. The molecule has 3 heterocycles. The Labute approximate surface area is 201 Å². The van der Waals surface area contributed by atoms with Crippen molar-refractivity contribution in [3.63, 3.8) is 0 Å². The highest BCUT2D eigenvalue weighted by atomic mass is 16.5. The lowest BCUT2D eigenvalue weighted by atomic mass is 9.78. The Kier molecular flexibility index (Phi) is 6.53. The Morgan fingerprint density at radius 1 is 1.00 bits per heavy atom. The van der Waals surface area contributed by atoms with E-state index >= 15 is 0 Å². The fourth-order valence-electron chi connectivity index (χ4n) is 5.07. The minimum Gasteiger partial charge on any atom is -0.493 e. The zero-order valence-corrected chi connectivity index (χ0v) is 20.2. The van der Waals surface area contributed by atoms with Crippen molar-refractivity contribution in [2.24, 2.45) is 0 Å². The second kappa shape index (κ2) is 9.72. The highest BCUT2D eigenvalue weighted by molar-refractivity contribution is 5.95. The summed E-state index contributed by atoms with van der Waals surface area (Å²) in [6, 6.07) is 18.7. The Hall–Kier alpha value is -2.96. The molecule has 2 aliphatic rings. The maximum Gasteiger partial charge on any atom is 0.225 e. The van der Waals surface area contributed by atoms with Crippen molar-refractivity contribution >= 4 is 22.5 Å². The molecule has 0 aliphatic carbocycles. The number of fused-ring (bicyclic) bond motifs is 2. The van der Waals surface area contributed by atoms with E-state index in [0.29, 0.717) is 13.0 Å².